The molecule has 3 saturated carbocycles. The van der Waals surface area contributed by atoms with E-state index in [2.05, 4.69) is 47.6 Å². The maximum atomic E-state index is 10.2. The first kappa shape index (κ1) is 183. The minimum absolute atomic E-state index is 0. The molecule has 1 N–H and O–H groups in total. The van der Waals surface area contributed by atoms with Crippen LogP contribution < -0.4 is 0 Å². The van der Waals surface area contributed by atoms with E-state index in [1.807, 2.05) is 0 Å². The van der Waals surface area contributed by atoms with Crippen LogP contribution in [0.2, 0.25) is 0 Å². The minimum atomic E-state index is -0.0794. The Balaban J connectivity index is -0.0000000156. The van der Waals surface area contributed by atoms with Gasteiger partial charge in [0, 0.05) is 0 Å². The molecule has 0 aromatic heterocycles. The lowest BCUT2D eigenvalue weighted by molar-refractivity contribution is -0.0575. The highest BCUT2D eigenvalue weighted by Gasteiger charge is 2.59. The maximum Gasteiger partial charge on any atom is 0.0577 e. The third-order valence-electron chi connectivity index (χ3n) is 11.3. The number of fused-ring (bicyclic) bond motifs is 5. The van der Waals surface area contributed by atoms with Gasteiger partial charge in [0.05, 0.1) is 6.10 Å². The number of aliphatic hydroxyl groups excluding tert-OH is 1. The zero-order valence-electron chi connectivity index (χ0n) is 20.9. The van der Waals surface area contributed by atoms with Crippen LogP contribution in [0.15, 0.2) is 11.6 Å². The molecule has 0 radical (unpaired) electrons. The summed E-state index contributed by atoms with van der Waals surface area (Å²) in [6, 6.07) is 0. The molecule has 59 heavy (non-hydrogen) atoms. The fraction of sp³-hybridized carbons (Fsp3) is 0.966. The van der Waals surface area contributed by atoms with Gasteiger partial charge in [-0.3, -0.25) is 0 Å². The van der Waals surface area contributed by atoms with Gasteiger partial charge >= 0.3 is 0 Å². The van der Waals surface area contributed by atoms with Crippen LogP contribution in [-0.4, -0.2) is 11.2 Å². The first-order valence-electron chi connectivity index (χ1n) is 13.6. The molecule has 1 heteroatoms. The van der Waals surface area contributed by atoms with Crippen molar-refractivity contribution in [3.63, 3.8) is 0 Å². The Morgan fingerprint density at radius 1 is 0.525 bits per heavy atom. The largest absolute Gasteiger partial charge is 0.393 e. The van der Waals surface area contributed by atoms with Crippen LogP contribution in [0.3, 0.4) is 0 Å². The van der Waals surface area contributed by atoms with E-state index in [-0.39, 0.29) is 221 Å². The lowest BCUT2D eigenvalue weighted by atomic mass is 9.47. The molecule has 4 aliphatic rings. The van der Waals surface area contributed by atoms with Gasteiger partial charge in [0.2, 0.25) is 0 Å². The van der Waals surface area contributed by atoms with Crippen molar-refractivity contribution in [2.24, 2.45) is 52.3 Å². The molecule has 0 aromatic rings. The lowest BCUT2D eigenvalue weighted by Crippen LogP contribution is -2.50. The summed E-state index contributed by atoms with van der Waals surface area (Å²) >= 11 is 0. The van der Waals surface area contributed by atoms with Gasteiger partial charge < -0.3 is 5.11 Å². The van der Waals surface area contributed by atoms with Gasteiger partial charge in [-0.25, -0.2) is 0 Å². The van der Waals surface area contributed by atoms with Crippen molar-refractivity contribution >= 4 is 0 Å². The van der Waals surface area contributed by atoms with Crippen molar-refractivity contribution in [3.8, 4) is 0 Å². The van der Waals surface area contributed by atoms with E-state index in [4.69, 9.17) is 0 Å². The molecule has 0 aromatic carbocycles. The van der Waals surface area contributed by atoms with Crippen molar-refractivity contribution in [1.82, 2.24) is 0 Å². The third-order valence-corrected chi connectivity index (χ3v) is 11.3. The monoisotopic (exact) mass is 879 g/mol. The first-order chi connectivity index (χ1) is 14.2. The predicted octanol–water partition coefficient (Wildman–Crippen LogP) is 26.5. The van der Waals surface area contributed by atoms with Gasteiger partial charge in [-0.1, -0.05) is 281 Å². The van der Waals surface area contributed by atoms with Crippen LogP contribution in [0.25, 0.3) is 0 Å². The Kier molecular flexibility index (Phi) is 224. The molecule has 3 fully saturated rings. The summed E-state index contributed by atoms with van der Waals surface area (Å²) in [7, 11) is 0. The average Bonchev–Trinajstić information content (AvgIpc) is 3.06. The van der Waals surface area contributed by atoms with Crippen molar-refractivity contribution in [2.45, 2.75) is 334 Å². The standard InChI is InChI=1S/C29H50O.29CH4/c1-7-21(19(2)3)9-8-20(4)25-12-13-26-24-11-10-22-18-23(30)14-16-28(22,5)27(24)15-17-29(25,26)6;;;;;;;;;;;;;;;;;;;;;;;;;;;;;/h10,19-21,23-27,30H,7-9,11-18H2,1-6H3;29*1H4/t20-,21?,23+,24+,25?,26+,27+,28+,29-;;;;;;;;;;;;;;;;;;;;;;;;;;;;;/m1............................./s1. The van der Waals surface area contributed by atoms with Crippen molar-refractivity contribution in [2.75, 3.05) is 0 Å². The smallest absolute Gasteiger partial charge is 0.0577 e. The summed E-state index contributed by atoms with van der Waals surface area (Å²) in [5, 5.41) is 10.2. The molecule has 0 amide bonds. The van der Waals surface area contributed by atoms with E-state index in [0.29, 0.717) is 10.8 Å². The highest BCUT2D eigenvalue weighted by molar-refractivity contribution is 5.25. The molecule has 0 aliphatic heterocycles. The van der Waals surface area contributed by atoms with Gasteiger partial charge in [-0.2, -0.15) is 0 Å². The Morgan fingerprint density at radius 3 is 1.27 bits per heavy atom. The molecule has 2 unspecified atom stereocenters. The molecule has 1 nitrogen and oxygen atoms in total. The Bertz CT molecular complexity index is 635. The fourth-order valence-electron chi connectivity index (χ4n) is 9.30. The summed E-state index contributed by atoms with van der Waals surface area (Å²) in [4.78, 5) is 0. The molecule has 4 rings (SSSR count). The zero-order valence-corrected chi connectivity index (χ0v) is 20.9. The van der Waals surface area contributed by atoms with E-state index < -0.39 is 0 Å². The highest BCUT2D eigenvalue weighted by atomic mass is 16.3. The molecule has 4 aliphatic carbocycles. The molecule has 9 atom stereocenters. The van der Waals surface area contributed by atoms with Crippen LogP contribution in [0, 0.1) is 52.3 Å². The Hall–Kier alpha value is -0.300. The number of rotatable bonds is 6. The first-order valence-corrected chi connectivity index (χ1v) is 13.6. The Labute approximate surface area is 401 Å². The summed E-state index contributed by atoms with van der Waals surface area (Å²) in [5.74, 6) is 6.31. The number of hydrogen-bond donors (Lipinski definition) is 1. The van der Waals surface area contributed by atoms with E-state index in [1.54, 1.807) is 5.57 Å². The quantitative estimate of drug-likeness (QED) is 0.264. The van der Waals surface area contributed by atoms with Gasteiger partial charge in [0.1, 0.15) is 0 Å². The van der Waals surface area contributed by atoms with Crippen LogP contribution >= 0.6 is 0 Å². The number of allylic oxidation sites excluding steroid dienone is 1. The van der Waals surface area contributed by atoms with E-state index >= 15 is 0 Å². The van der Waals surface area contributed by atoms with Gasteiger partial charge in [-0.15, -0.1) is 0 Å². The fourth-order valence-corrected chi connectivity index (χ4v) is 9.30. The second-order valence-corrected chi connectivity index (χ2v) is 12.9. The molecular formula is C58H166O. The zero-order chi connectivity index (χ0) is 21.7. The summed E-state index contributed by atoms with van der Waals surface area (Å²) in [6.07, 6.45) is 17.1. The second kappa shape index (κ2) is 72.2. The van der Waals surface area contributed by atoms with Crippen molar-refractivity contribution < 1.29 is 5.11 Å². The van der Waals surface area contributed by atoms with E-state index in [0.717, 1.165) is 54.3 Å². The third kappa shape index (κ3) is 33.9. The van der Waals surface area contributed by atoms with Crippen LogP contribution in [0.5, 0.6) is 0 Å². The van der Waals surface area contributed by atoms with Gasteiger partial charge in [-0.05, 0) is 110 Å². The molecule has 404 valence electrons. The SMILES string of the molecule is C.C.C.C.C.C.C.C.C.C.C.C.C.C.C.C.C.C.C.C.C.C.C.C.C.C.C.C.C.CCC(CC[C@@H](C)C1CC[C@H]2[C@@H]3CC=C4C[C@@H](O)CC[C@]4(C)[C@H]3CC[C@]12C)C(C)C. The summed E-state index contributed by atoms with van der Waals surface area (Å²) < 4.78 is 0. The predicted molar refractivity (Wildman–Crippen MR) is 323 cm³/mol. The minimum Gasteiger partial charge on any atom is -0.393 e. The second-order valence-electron chi connectivity index (χ2n) is 12.9. The average molecular weight is 880 g/mol. The lowest BCUT2D eigenvalue weighted by Gasteiger charge is -2.58. The van der Waals surface area contributed by atoms with Crippen LogP contribution in [-0.2, 0) is 0 Å². The van der Waals surface area contributed by atoms with Crippen LogP contribution in [0.1, 0.15) is 328 Å². The normalized spacial score (nSPS) is 23.1. The van der Waals surface area contributed by atoms with E-state index in [9.17, 15) is 5.11 Å². The number of aliphatic hydroxyl groups is 1. The van der Waals surface area contributed by atoms with Crippen LogP contribution in [0.4, 0.5) is 0 Å². The molecule has 0 spiro atoms. The topological polar surface area (TPSA) is 20.2 Å². The highest BCUT2D eigenvalue weighted by Crippen LogP contribution is 2.67. The Morgan fingerprint density at radius 2 is 0.915 bits per heavy atom. The summed E-state index contributed by atoms with van der Waals surface area (Å²) in [6.45, 7) is 15.1. The van der Waals surface area contributed by atoms with Crippen molar-refractivity contribution in [3.05, 3.63) is 11.6 Å². The van der Waals surface area contributed by atoms with Gasteiger partial charge in [0.25, 0.3) is 0 Å². The molecular weight excluding hydrogens is 713 g/mol. The van der Waals surface area contributed by atoms with Gasteiger partial charge in [0.15, 0.2) is 0 Å². The van der Waals surface area contributed by atoms with Crippen molar-refractivity contribution in [1.29, 1.82) is 0 Å². The molecule has 0 saturated heterocycles. The number of hydrogen-bond acceptors (Lipinski definition) is 1. The summed E-state index contributed by atoms with van der Waals surface area (Å²) in [5.41, 5.74) is 2.59. The van der Waals surface area contributed by atoms with E-state index in [1.165, 1.54) is 57.8 Å². The molecule has 0 bridgehead atoms. The molecule has 0 heterocycles. The maximum absolute atomic E-state index is 10.2.